The number of nitrogens with two attached hydrogens (primary N) is 1. The van der Waals surface area contributed by atoms with Crippen molar-refractivity contribution < 1.29 is 0 Å². The molecule has 1 aromatic rings. The van der Waals surface area contributed by atoms with Gasteiger partial charge in [-0.05, 0) is 45.5 Å². The second-order valence-corrected chi connectivity index (χ2v) is 6.18. The second-order valence-electron chi connectivity index (χ2n) is 5.77. The molecule has 1 fully saturated rings. The maximum atomic E-state index is 6.24. The van der Waals surface area contributed by atoms with Crippen LogP contribution in [0.4, 0.5) is 5.69 Å². The summed E-state index contributed by atoms with van der Waals surface area (Å²) >= 11 is 6.24. The molecule has 0 unspecified atom stereocenters. The van der Waals surface area contributed by atoms with E-state index < -0.39 is 0 Å². The van der Waals surface area contributed by atoms with E-state index in [1.165, 1.54) is 19.3 Å². The normalized spacial score (nSPS) is 17.4. The van der Waals surface area contributed by atoms with Crippen molar-refractivity contribution in [1.29, 1.82) is 0 Å². The van der Waals surface area contributed by atoms with Gasteiger partial charge in [-0.15, -0.1) is 0 Å². The predicted octanol–water partition coefficient (Wildman–Crippen LogP) is 2.72. The van der Waals surface area contributed by atoms with Gasteiger partial charge in [-0.3, -0.25) is 0 Å². The Balaban J connectivity index is 2.20. The smallest absolute Gasteiger partial charge is 0.0471 e. The van der Waals surface area contributed by atoms with E-state index in [1.807, 2.05) is 12.1 Å². The predicted molar refractivity (Wildman–Crippen MR) is 82.9 cm³/mol. The van der Waals surface area contributed by atoms with Crippen LogP contribution in [0.25, 0.3) is 0 Å². The highest BCUT2D eigenvalue weighted by Gasteiger charge is 2.40. The summed E-state index contributed by atoms with van der Waals surface area (Å²) in [5, 5.41) is 0.763. The van der Waals surface area contributed by atoms with E-state index in [4.69, 9.17) is 17.3 Å². The number of halogens is 1. The topological polar surface area (TPSA) is 32.5 Å². The molecule has 0 heterocycles. The van der Waals surface area contributed by atoms with Crippen molar-refractivity contribution in [2.75, 3.05) is 32.6 Å². The summed E-state index contributed by atoms with van der Waals surface area (Å²) in [4.78, 5) is 4.66. The van der Waals surface area contributed by atoms with Gasteiger partial charge in [0.05, 0.1) is 0 Å². The fourth-order valence-electron chi connectivity index (χ4n) is 2.97. The van der Waals surface area contributed by atoms with Crippen molar-refractivity contribution in [3.05, 3.63) is 28.8 Å². The molecule has 0 aromatic heterocycles. The number of likely N-dealkylation sites (N-methyl/N-ethyl adjacent to an activating group) is 2. The first-order valence-corrected chi connectivity index (χ1v) is 7.24. The van der Waals surface area contributed by atoms with Crippen LogP contribution in [0.2, 0.25) is 5.02 Å². The fourth-order valence-corrected chi connectivity index (χ4v) is 3.21. The molecule has 0 radical (unpaired) electrons. The number of hydrogen-bond acceptors (Lipinski definition) is 3. The molecular formula is C15H24ClN3. The minimum atomic E-state index is 0.308. The van der Waals surface area contributed by atoms with Crippen LogP contribution in [0.1, 0.15) is 24.8 Å². The van der Waals surface area contributed by atoms with Crippen LogP contribution >= 0.6 is 11.6 Å². The van der Waals surface area contributed by atoms with Crippen LogP contribution in [-0.4, -0.2) is 38.1 Å². The zero-order valence-electron chi connectivity index (χ0n) is 12.1. The van der Waals surface area contributed by atoms with Crippen LogP contribution in [0.5, 0.6) is 0 Å². The van der Waals surface area contributed by atoms with Crippen LogP contribution < -0.4 is 10.6 Å². The minimum absolute atomic E-state index is 0.308. The number of rotatable bonds is 5. The van der Waals surface area contributed by atoms with Crippen LogP contribution in [0.3, 0.4) is 0 Å². The van der Waals surface area contributed by atoms with Gasteiger partial charge in [0.2, 0.25) is 0 Å². The zero-order valence-corrected chi connectivity index (χ0v) is 12.9. The van der Waals surface area contributed by atoms with Gasteiger partial charge in [0.15, 0.2) is 0 Å². The van der Waals surface area contributed by atoms with Gasteiger partial charge < -0.3 is 15.5 Å². The molecule has 19 heavy (non-hydrogen) atoms. The molecule has 0 bridgehead atoms. The lowest BCUT2D eigenvalue weighted by Gasteiger charge is -2.49. The van der Waals surface area contributed by atoms with Crippen molar-refractivity contribution >= 4 is 17.3 Å². The molecule has 0 saturated heterocycles. The lowest BCUT2D eigenvalue weighted by atomic mass is 9.75. The lowest BCUT2D eigenvalue weighted by molar-refractivity contribution is 0.0683. The van der Waals surface area contributed by atoms with Gasteiger partial charge in [0, 0.05) is 41.9 Å². The number of hydrogen-bond donors (Lipinski definition) is 1. The van der Waals surface area contributed by atoms with E-state index in [0.29, 0.717) is 12.1 Å². The first-order chi connectivity index (χ1) is 9.00. The van der Waals surface area contributed by atoms with Gasteiger partial charge in [-0.25, -0.2) is 0 Å². The van der Waals surface area contributed by atoms with Gasteiger partial charge in [-0.1, -0.05) is 17.7 Å². The highest BCUT2D eigenvalue weighted by Crippen LogP contribution is 2.38. The summed E-state index contributed by atoms with van der Waals surface area (Å²) in [6.07, 6.45) is 3.86. The Hall–Kier alpha value is -0.770. The Labute approximate surface area is 121 Å². The van der Waals surface area contributed by atoms with Crippen LogP contribution in [0.15, 0.2) is 18.2 Å². The SMILES string of the molecule is CN(CC1(N(C)C)CCC1)c1cccc(Cl)c1CN. The summed E-state index contributed by atoms with van der Waals surface area (Å²) in [5.74, 6) is 0. The Morgan fingerprint density at radius 2 is 1.95 bits per heavy atom. The molecule has 0 spiro atoms. The third-order valence-corrected chi connectivity index (χ3v) is 4.83. The molecular weight excluding hydrogens is 258 g/mol. The van der Waals surface area contributed by atoms with Crippen molar-refractivity contribution in [1.82, 2.24) is 4.90 Å². The average molecular weight is 282 g/mol. The summed E-state index contributed by atoms with van der Waals surface area (Å²) in [6.45, 7) is 1.50. The molecule has 1 aliphatic rings. The monoisotopic (exact) mass is 281 g/mol. The number of anilines is 1. The second kappa shape index (κ2) is 5.70. The quantitative estimate of drug-likeness (QED) is 0.901. The Morgan fingerprint density at radius 1 is 1.26 bits per heavy atom. The molecule has 2 rings (SSSR count). The molecule has 1 saturated carbocycles. The lowest BCUT2D eigenvalue weighted by Crippen LogP contribution is -2.56. The zero-order chi connectivity index (χ0) is 14.0. The van der Waals surface area contributed by atoms with Crippen molar-refractivity contribution in [2.24, 2.45) is 5.73 Å². The van der Waals surface area contributed by atoms with E-state index in [2.05, 4.69) is 37.0 Å². The Kier molecular flexibility index (Phi) is 4.39. The average Bonchev–Trinajstić information content (AvgIpc) is 2.32. The van der Waals surface area contributed by atoms with Crippen LogP contribution in [0, 0.1) is 0 Å². The fraction of sp³-hybridized carbons (Fsp3) is 0.600. The number of benzene rings is 1. The van der Waals surface area contributed by atoms with Gasteiger partial charge in [0.1, 0.15) is 0 Å². The van der Waals surface area contributed by atoms with E-state index >= 15 is 0 Å². The molecule has 2 N–H and O–H groups in total. The largest absolute Gasteiger partial charge is 0.372 e. The molecule has 1 aromatic carbocycles. The van der Waals surface area contributed by atoms with Gasteiger partial charge >= 0.3 is 0 Å². The van der Waals surface area contributed by atoms with Crippen molar-refractivity contribution in [3.63, 3.8) is 0 Å². The molecule has 3 nitrogen and oxygen atoms in total. The highest BCUT2D eigenvalue weighted by atomic mass is 35.5. The molecule has 1 aliphatic carbocycles. The summed E-state index contributed by atoms with van der Waals surface area (Å²) in [7, 11) is 6.48. The van der Waals surface area contributed by atoms with E-state index in [-0.39, 0.29) is 0 Å². The summed E-state index contributed by atoms with van der Waals surface area (Å²) < 4.78 is 0. The maximum Gasteiger partial charge on any atom is 0.0471 e. The number of nitrogens with zero attached hydrogens (tertiary/aromatic N) is 2. The highest BCUT2D eigenvalue weighted by molar-refractivity contribution is 6.31. The van der Waals surface area contributed by atoms with Gasteiger partial charge in [-0.2, -0.15) is 0 Å². The maximum absolute atomic E-state index is 6.24. The third kappa shape index (κ3) is 2.73. The minimum Gasteiger partial charge on any atom is -0.372 e. The first kappa shape index (κ1) is 14.6. The summed E-state index contributed by atoms with van der Waals surface area (Å²) in [6, 6.07) is 6.01. The first-order valence-electron chi connectivity index (χ1n) is 6.86. The van der Waals surface area contributed by atoms with Crippen LogP contribution in [-0.2, 0) is 6.54 Å². The molecule has 0 amide bonds. The Bertz CT molecular complexity index is 441. The van der Waals surface area contributed by atoms with E-state index in [9.17, 15) is 0 Å². The van der Waals surface area contributed by atoms with Crippen molar-refractivity contribution in [3.8, 4) is 0 Å². The molecule has 106 valence electrons. The Morgan fingerprint density at radius 3 is 2.42 bits per heavy atom. The molecule has 0 aliphatic heterocycles. The van der Waals surface area contributed by atoms with E-state index in [0.717, 1.165) is 22.8 Å². The third-order valence-electron chi connectivity index (χ3n) is 4.47. The molecule has 0 atom stereocenters. The van der Waals surface area contributed by atoms with Gasteiger partial charge in [0.25, 0.3) is 0 Å². The molecule has 4 heteroatoms. The summed E-state index contributed by atoms with van der Waals surface area (Å²) in [5.41, 5.74) is 8.34. The van der Waals surface area contributed by atoms with E-state index in [1.54, 1.807) is 0 Å². The standard InChI is InChI=1S/C15H24ClN3/c1-18(2)15(8-5-9-15)11-19(3)14-7-4-6-13(16)12(14)10-17/h4,6-7H,5,8-11,17H2,1-3H3. The van der Waals surface area contributed by atoms with Crippen molar-refractivity contribution in [2.45, 2.75) is 31.3 Å².